The molecule has 3 heteroatoms. The number of rotatable bonds is 3. The summed E-state index contributed by atoms with van der Waals surface area (Å²) < 4.78 is 0.916. The Bertz CT molecular complexity index is 564. The first-order valence-corrected chi connectivity index (χ1v) is 6.46. The molecule has 2 nitrogen and oxygen atoms in total. The lowest BCUT2D eigenvalue weighted by Crippen LogP contribution is -2.07. The van der Waals surface area contributed by atoms with Crippen molar-refractivity contribution in [1.29, 1.82) is 0 Å². The molecule has 1 N–H and O–H groups in total. The zero-order valence-corrected chi connectivity index (χ0v) is 11.5. The summed E-state index contributed by atoms with van der Waals surface area (Å²) in [7, 11) is 0. The lowest BCUT2D eigenvalue weighted by atomic mass is 9.98. The van der Waals surface area contributed by atoms with Gasteiger partial charge in [-0.15, -0.1) is 0 Å². The van der Waals surface area contributed by atoms with Crippen molar-refractivity contribution < 1.29 is 9.90 Å². The quantitative estimate of drug-likeness (QED) is 0.917. The average molecular weight is 305 g/mol. The van der Waals surface area contributed by atoms with Gasteiger partial charge in [0.15, 0.2) is 0 Å². The highest BCUT2D eigenvalue weighted by Gasteiger charge is 2.15. The summed E-state index contributed by atoms with van der Waals surface area (Å²) in [5.41, 5.74) is 2.98. The van der Waals surface area contributed by atoms with Crippen LogP contribution in [0.5, 0.6) is 0 Å². The first-order valence-electron chi connectivity index (χ1n) is 5.67. The summed E-state index contributed by atoms with van der Waals surface area (Å²) in [6.45, 7) is 1.69. The molecule has 92 valence electrons. The van der Waals surface area contributed by atoms with Gasteiger partial charge in [0.2, 0.25) is 0 Å². The molecule has 0 heterocycles. The Balaban J connectivity index is 2.40. The van der Waals surface area contributed by atoms with Crippen molar-refractivity contribution in [2.24, 2.45) is 0 Å². The fraction of sp³-hybridized carbons (Fsp3) is 0.133. The number of halogens is 1. The maximum Gasteiger partial charge on any atom is 0.310 e. The summed E-state index contributed by atoms with van der Waals surface area (Å²) in [5, 5.41) is 9.00. The highest BCUT2D eigenvalue weighted by molar-refractivity contribution is 9.10. The highest BCUT2D eigenvalue weighted by atomic mass is 79.9. The molecule has 0 aliphatic carbocycles. The Hall–Kier alpha value is -1.61. The third-order valence-electron chi connectivity index (χ3n) is 2.95. The smallest absolute Gasteiger partial charge is 0.310 e. The van der Waals surface area contributed by atoms with Gasteiger partial charge in [0.25, 0.3) is 0 Å². The van der Waals surface area contributed by atoms with E-state index < -0.39 is 11.9 Å². The van der Waals surface area contributed by atoms with Gasteiger partial charge < -0.3 is 5.11 Å². The molecule has 0 spiro atoms. The lowest BCUT2D eigenvalue weighted by Gasteiger charge is -2.10. The Labute approximate surface area is 114 Å². The van der Waals surface area contributed by atoms with Gasteiger partial charge in [-0.25, -0.2) is 0 Å². The van der Waals surface area contributed by atoms with Crippen molar-refractivity contribution in [2.45, 2.75) is 12.8 Å². The molecule has 0 saturated heterocycles. The Kier molecular flexibility index (Phi) is 3.82. The molecule has 0 aliphatic rings. The van der Waals surface area contributed by atoms with E-state index >= 15 is 0 Å². The van der Waals surface area contributed by atoms with Crippen LogP contribution < -0.4 is 0 Å². The molecule has 0 amide bonds. The number of hydrogen-bond acceptors (Lipinski definition) is 1. The molecular formula is C15H13BrO2. The van der Waals surface area contributed by atoms with Gasteiger partial charge in [-0.1, -0.05) is 58.4 Å². The van der Waals surface area contributed by atoms with E-state index in [0.717, 1.165) is 21.2 Å². The molecule has 0 radical (unpaired) electrons. The summed E-state index contributed by atoms with van der Waals surface area (Å²) in [4.78, 5) is 11.0. The van der Waals surface area contributed by atoms with Crippen molar-refractivity contribution >= 4 is 21.9 Å². The van der Waals surface area contributed by atoms with Crippen LogP contribution in [0.25, 0.3) is 11.1 Å². The van der Waals surface area contributed by atoms with Gasteiger partial charge in [-0.2, -0.15) is 0 Å². The van der Waals surface area contributed by atoms with Gasteiger partial charge in [0, 0.05) is 4.47 Å². The van der Waals surface area contributed by atoms with Gasteiger partial charge in [0.05, 0.1) is 5.92 Å². The van der Waals surface area contributed by atoms with Crippen LogP contribution in [0.15, 0.2) is 53.0 Å². The molecule has 0 saturated carbocycles. The first-order chi connectivity index (χ1) is 8.59. The standard InChI is InChI=1S/C15H13BrO2/c1-10(15(17)18)12-7-8-13(14(16)9-12)11-5-3-2-4-6-11/h2-10H,1H3,(H,17,18)/t10-/m0/s1. The molecule has 0 aromatic heterocycles. The first kappa shape index (κ1) is 12.8. The van der Waals surface area contributed by atoms with Crippen molar-refractivity contribution in [2.75, 3.05) is 0 Å². The topological polar surface area (TPSA) is 37.3 Å². The van der Waals surface area contributed by atoms with Crippen molar-refractivity contribution in [3.05, 3.63) is 58.6 Å². The monoisotopic (exact) mass is 304 g/mol. The number of aliphatic carboxylic acids is 1. The van der Waals surface area contributed by atoms with Gasteiger partial charge in [0.1, 0.15) is 0 Å². The zero-order valence-electron chi connectivity index (χ0n) is 9.93. The minimum atomic E-state index is -0.811. The van der Waals surface area contributed by atoms with E-state index in [0.29, 0.717) is 0 Å². The van der Waals surface area contributed by atoms with Crippen LogP contribution >= 0.6 is 15.9 Å². The van der Waals surface area contributed by atoms with Crippen molar-refractivity contribution in [3.8, 4) is 11.1 Å². The van der Waals surface area contributed by atoms with Crippen LogP contribution in [-0.2, 0) is 4.79 Å². The van der Waals surface area contributed by atoms with Crippen LogP contribution in [-0.4, -0.2) is 11.1 Å². The number of carbonyl (C=O) groups is 1. The summed E-state index contributed by atoms with van der Waals surface area (Å²) in [6, 6.07) is 15.7. The third kappa shape index (κ3) is 2.62. The number of benzene rings is 2. The number of hydrogen-bond donors (Lipinski definition) is 1. The fourth-order valence-electron chi connectivity index (χ4n) is 1.80. The predicted molar refractivity (Wildman–Crippen MR) is 75.6 cm³/mol. The molecule has 0 fully saturated rings. The van der Waals surface area contributed by atoms with Gasteiger partial charge in [-0.3, -0.25) is 4.79 Å². The van der Waals surface area contributed by atoms with Crippen molar-refractivity contribution in [1.82, 2.24) is 0 Å². The summed E-state index contributed by atoms with van der Waals surface area (Å²) >= 11 is 3.51. The largest absolute Gasteiger partial charge is 0.481 e. The van der Waals surface area contributed by atoms with E-state index in [-0.39, 0.29) is 0 Å². The van der Waals surface area contributed by atoms with E-state index in [4.69, 9.17) is 5.11 Å². The Morgan fingerprint density at radius 3 is 2.39 bits per heavy atom. The van der Waals surface area contributed by atoms with Gasteiger partial charge in [-0.05, 0) is 29.7 Å². The summed E-state index contributed by atoms with van der Waals surface area (Å²) in [6.07, 6.45) is 0. The second-order valence-electron chi connectivity index (χ2n) is 4.17. The minimum absolute atomic E-state index is 0.494. The second-order valence-corrected chi connectivity index (χ2v) is 5.02. The van der Waals surface area contributed by atoms with Crippen LogP contribution in [0, 0.1) is 0 Å². The normalized spacial score (nSPS) is 12.1. The third-order valence-corrected chi connectivity index (χ3v) is 3.60. The van der Waals surface area contributed by atoms with Crippen molar-refractivity contribution in [3.63, 3.8) is 0 Å². The molecule has 2 rings (SSSR count). The average Bonchev–Trinajstić information content (AvgIpc) is 2.38. The van der Waals surface area contributed by atoms with E-state index in [1.165, 1.54) is 0 Å². The van der Waals surface area contributed by atoms with E-state index in [9.17, 15) is 4.79 Å². The van der Waals surface area contributed by atoms with E-state index in [1.54, 1.807) is 6.92 Å². The second kappa shape index (κ2) is 5.36. The van der Waals surface area contributed by atoms with Gasteiger partial charge >= 0.3 is 5.97 Å². The minimum Gasteiger partial charge on any atom is -0.481 e. The van der Waals surface area contributed by atoms with E-state index in [1.807, 2.05) is 48.5 Å². The predicted octanol–water partition coefficient (Wildman–Crippen LogP) is 4.30. The number of carboxylic acid groups (broad SMARTS) is 1. The molecule has 0 bridgehead atoms. The molecule has 0 aliphatic heterocycles. The number of carboxylic acids is 1. The maximum absolute atomic E-state index is 11.0. The van der Waals surface area contributed by atoms with Crippen LogP contribution in [0.3, 0.4) is 0 Å². The highest BCUT2D eigenvalue weighted by Crippen LogP contribution is 2.31. The van der Waals surface area contributed by atoms with Crippen LogP contribution in [0.1, 0.15) is 18.4 Å². The Morgan fingerprint density at radius 2 is 1.83 bits per heavy atom. The molecule has 18 heavy (non-hydrogen) atoms. The summed E-state index contributed by atoms with van der Waals surface area (Å²) in [5.74, 6) is -1.31. The van der Waals surface area contributed by atoms with Crippen LogP contribution in [0.2, 0.25) is 0 Å². The molecule has 2 aromatic rings. The molecule has 2 aromatic carbocycles. The molecule has 1 atom stereocenters. The Morgan fingerprint density at radius 1 is 1.17 bits per heavy atom. The molecular weight excluding hydrogens is 292 g/mol. The fourth-order valence-corrected chi connectivity index (χ4v) is 2.42. The van der Waals surface area contributed by atoms with E-state index in [2.05, 4.69) is 15.9 Å². The lowest BCUT2D eigenvalue weighted by molar-refractivity contribution is -0.138. The molecule has 0 unspecified atom stereocenters. The zero-order chi connectivity index (χ0) is 13.1. The SMILES string of the molecule is C[C@H](C(=O)O)c1ccc(-c2ccccc2)c(Br)c1. The maximum atomic E-state index is 11.0. The van der Waals surface area contributed by atoms with Crippen LogP contribution in [0.4, 0.5) is 0 Å².